The Morgan fingerprint density at radius 3 is 2.45 bits per heavy atom. The molecule has 5 rings (SSSR count). The second-order valence-corrected chi connectivity index (χ2v) is 9.49. The molecule has 1 aromatic carbocycles. The standard InChI is InChI=1S/C24H26N2O7/c1-10-13-9-11-8-12-14(26-6-2-3-7-26)4-5-15(27)17(12)20(29)16(11)21(30)24(13,33)22(31)18(19(10)28)23(25)32/h4-5,10-11,13,27,29,31,33H,2-3,6-9H2,1H3,(H2,25,32)/t10-,11+,13+,24+/m1/s1. The van der Waals surface area contributed by atoms with Crippen molar-refractivity contribution in [3.8, 4) is 5.75 Å². The topological polar surface area (TPSA) is 161 Å². The number of fused-ring (bicyclic) bond motifs is 3. The van der Waals surface area contributed by atoms with Crippen molar-refractivity contribution in [2.24, 2.45) is 23.5 Å². The number of phenolic OH excluding ortho intramolecular Hbond substituents is 1. The maximum absolute atomic E-state index is 13.6. The predicted molar refractivity (Wildman–Crippen MR) is 117 cm³/mol. The first-order valence-corrected chi connectivity index (χ1v) is 11.2. The van der Waals surface area contributed by atoms with Crippen molar-refractivity contribution in [3.63, 3.8) is 0 Å². The molecule has 1 saturated heterocycles. The zero-order valence-corrected chi connectivity index (χ0v) is 18.2. The molecular weight excluding hydrogens is 428 g/mol. The molecule has 1 heterocycles. The van der Waals surface area contributed by atoms with Crippen molar-refractivity contribution in [2.75, 3.05) is 18.0 Å². The van der Waals surface area contributed by atoms with Crippen molar-refractivity contribution < 1.29 is 34.8 Å². The zero-order valence-electron chi connectivity index (χ0n) is 18.2. The number of nitrogens with zero attached hydrogens (tertiary/aromatic N) is 1. The van der Waals surface area contributed by atoms with E-state index in [1.54, 1.807) is 6.07 Å². The highest BCUT2D eigenvalue weighted by molar-refractivity contribution is 6.23. The lowest BCUT2D eigenvalue weighted by Gasteiger charge is -2.48. The van der Waals surface area contributed by atoms with E-state index < -0.39 is 57.9 Å². The van der Waals surface area contributed by atoms with Crippen molar-refractivity contribution in [1.29, 1.82) is 0 Å². The number of amides is 1. The maximum Gasteiger partial charge on any atom is 0.255 e. The van der Waals surface area contributed by atoms with Crippen LogP contribution in [0.4, 0.5) is 5.69 Å². The Morgan fingerprint density at radius 1 is 1.15 bits per heavy atom. The average Bonchev–Trinajstić information content (AvgIpc) is 3.29. The van der Waals surface area contributed by atoms with Crippen LogP contribution in [0.3, 0.4) is 0 Å². The van der Waals surface area contributed by atoms with Crippen LogP contribution in [0.5, 0.6) is 5.75 Å². The number of phenols is 1. The Balaban J connectivity index is 1.70. The minimum absolute atomic E-state index is 0.118. The van der Waals surface area contributed by atoms with Crippen LogP contribution < -0.4 is 10.6 Å². The van der Waals surface area contributed by atoms with Crippen LogP contribution in [-0.2, 0) is 20.8 Å². The molecule has 0 aromatic heterocycles. The predicted octanol–water partition coefficient (Wildman–Crippen LogP) is 1.27. The minimum Gasteiger partial charge on any atom is -0.508 e. The van der Waals surface area contributed by atoms with E-state index in [1.807, 2.05) is 0 Å². The number of ketones is 2. The third-order valence-corrected chi connectivity index (χ3v) is 7.84. The quantitative estimate of drug-likeness (QED) is 0.417. The molecule has 174 valence electrons. The van der Waals surface area contributed by atoms with Gasteiger partial charge in [-0.05, 0) is 49.3 Å². The Kier molecular flexibility index (Phi) is 4.62. The van der Waals surface area contributed by atoms with Gasteiger partial charge in [0.1, 0.15) is 22.8 Å². The Morgan fingerprint density at radius 2 is 1.82 bits per heavy atom. The molecule has 3 aliphatic carbocycles. The molecule has 0 spiro atoms. The van der Waals surface area contributed by atoms with Crippen LogP contribution in [0, 0.1) is 17.8 Å². The molecule has 9 heteroatoms. The molecule has 6 N–H and O–H groups in total. The van der Waals surface area contributed by atoms with E-state index in [1.165, 1.54) is 13.0 Å². The average molecular weight is 454 g/mol. The SMILES string of the molecule is C[C@H]1C(=O)C(C(N)=O)=C(O)[C@@]2(O)C(=O)C3=C(O)c4c(O)ccc(N5CCCC5)c4C[C@H]3C[C@@H]12. The van der Waals surface area contributed by atoms with E-state index in [-0.39, 0.29) is 23.3 Å². The van der Waals surface area contributed by atoms with E-state index in [2.05, 4.69) is 4.90 Å². The number of primary amides is 1. The molecule has 0 bridgehead atoms. The lowest BCUT2D eigenvalue weighted by Crippen LogP contribution is -2.61. The Labute approximate surface area is 189 Å². The number of carbonyl (C=O) groups is 3. The van der Waals surface area contributed by atoms with Crippen molar-refractivity contribution >= 4 is 28.9 Å². The Hall–Kier alpha value is -3.33. The molecule has 4 aliphatic rings. The van der Waals surface area contributed by atoms with Crippen LogP contribution in [0.15, 0.2) is 29.0 Å². The van der Waals surface area contributed by atoms with Gasteiger partial charge in [0.2, 0.25) is 5.78 Å². The number of hydrogen-bond donors (Lipinski definition) is 5. The number of hydrogen-bond acceptors (Lipinski definition) is 8. The van der Waals surface area contributed by atoms with Gasteiger partial charge in [0.15, 0.2) is 11.4 Å². The summed E-state index contributed by atoms with van der Waals surface area (Å²) in [7, 11) is 0. The van der Waals surface area contributed by atoms with Gasteiger partial charge in [-0.2, -0.15) is 0 Å². The summed E-state index contributed by atoms with van der Waals surface area (Å²) in [6.45, 7) is 3.19. The molecule has 33 heavy (non-hydrogen) atoms. The van der Waals surface area contributed by atoms with Crippen LogP contribution in [0.2, 0.25) is 0 Å². The highest BCUT2D eigenvalue weighted by atomic mass is 16.3. The number of Topliss-reactive ketones (excluding diaryl/α,β-unsaturated/α-hetero) is 2. The number of anilines is 1. The lowest BCUT2D eigenvalue weighted by atomic mass is 9.56. The van der Waals surface area contributed by atoms with E-state index in [4.69, 9.17) is 5.73 Å². The van der Waals surface area contributed by atoms with Crippen LogP contribution in [-0.4, -0.2) is 56.6 Å². The van der Waals surface area contributed by atoms with Gasteiger partial charge in [0.25, 0.3) is 5.91 Å². The number of rotatable bonds is 2. The first kappa shape index (κ1) is 21.5. The number of aliphatic hydroxyl groups excluding tert-OH is 2. The minimum atomic E-state index is -2.56. The number of aliphatic hydroxyl groups is 3. The van der Waals surface area contributed by atoms with Crippen LogP contribution >= 0.6 is 0 Å². The number of nitrogens with two attached hydrogens (primary N) is 1. The summed E-state index contributed by atoms with van der Waals surface area (Å²) in [6, 6.07) is 3.28. The van der Waals surface area contributed by atoms with Crippen molar-refractivity contribution in [2.45, 2.75) is 38.2 Å². The molecule has 0 radical (unpaired) electrons. The van der Waals surface area contributed by atoms with Crippen LogP contribution in [0.1, 0.15) is 37.3 Å². The van der Waals surface area contributed by atoms with Crippen molar-refractivity contribution in [3.05, 3.63) is 40.2 Å². The van der Waals surface area contributed by atoms with Gasteiger partial charge in [-0.3, -0.25) is 14.4 Å². The van der Waals surface area contributed by atoms with Gasteiger partial charge in [-0.15, -0.1) is 0 Å². The molecule has 0 unspecified atom stereocenters. The van der Waals surface area contributed by atoms with Gasteiger partial charge >= 0.3 is 0 Å². The smallest absolute Gasteiger partial charge is 0.255 e. The molecule has 9 nitrogen and oxygen atoms in total. The molecule has 1 saturated carbocycles. The summed E-state index contributed by atoms with van der Waals surface area (Å²) in [4.78, 5) is 40.3. The summed E-state index contributed by atoms with van der Waals surface area (Å²) in [5.74, 6) is -7.09. The molecule has 4 atom stereocenters. The summed E-state index contributed by atoms with van der Waals surface area (Å²) < 4.78 is 0. The largest absolute Gasteiger partial charge is 0.508 e. The van der Waals surface area contributed by atoms with Gasteiger partial charge in [0.05, 0.1) is 5.56 Å². The fourth-order valence-corrected chi connectivity index (χ4v) is 6.18. The van der Waals surface area contributed by atoms with Crippen LogP contribution in [0.25, 0.3) is 5.76 Å². The van der Waals surface area contributed by atoms with E-state index >= 15 is 0 Å². The third kappa shape index (κ3) is 2.71. The zero-order chi connectivity index (χ0) is 23.8. The third-order valence-electron chi connectivity index (χ3n) is 7.84. The highest BCUT2D eigenvalue weighted by Crippen LogP contribution is 2.54. The number of benzene rings is 1. The van der Waals surface area contributed by atoms with Crippen molar-refractivity contribution in [1.82, 2.24) is 0 Å². The van der Waals surface area contributed by atoms with Gasteiger partial charge in [-0.25, -0.2) is 0 Å². The monoisotopic (exact) mass is 454 g/mol. The van der Waals surface area contributed by atoms with Gasteiger partial charge < -0.3 is 31.1 Å². The fourth-order valence-electron chi connectivity index (χ4n) is 6.18. The second kappa shape index (κ2) is 7.08. The number of carbonyl (C=O) groups excluding carboxylic acids is 3. The van der Waals surface area contributed by atoms with E-state index in [0.717, 1.165) is 31.6 Å². The summed E-state index contributed by atoms with van der Waals surface area (Å²) >= 11 is 0. The highest BCUT2D eigenvalue weighted by Gasteiger charge is 2.62. The second-order valence-electron chi connectivity index (χ2n) is 9.49. The van der Waals surface area contributed by atoms with E-state index in [9.17, 15) is 34.8 Å². The molecule has 1 aliphatic heterocycles. The summed E-state index contributed by atoms with van der Waals surface area (Å²) in [5.41, 5.74) is 3.53. The lowest BCUT2D eigenvalue weighted by molar-refractivity contribution is -0.152. The molecular formula is C24H26N2O7. The van der Waals surface area contributed by atoms with E-state index in [0.29, 0.717) is 12.0 Å². The van der Waals surface area contributed by atoms with Gasteiger partial charge in [-0.1, -0.05) is 6.92 Å². The summed E-state index contributed by atoms with van der Waals surface area (Å²) in [5, 5.41) is 43.8. The molecule has 1 amide bonds. The first-order chi connectivity index (χ1) is 15.6. The first-order valence-electron chi connectivity index (χ1n) is 11.2. The van der Waals surface area contributed by atoms with Gasteiger partial charge in [0, 0.05) is 36.2 Å². The normalized spacial score (nSPS) is 31.5. The fraction of sp³-hybridized carbons (Fsp3) is 0.458. The molecule has 2 fully saturated rings. The summed E-state index contributed by atoms with van der Waals surface area (Å²) in [6.07, 6.45) is 2.51. The number of aromatic hydroxyl groups is 1. The molecule has 1 aromatic rings. The Bertz CT molecular complexity index is 1180. The maximum atomic E-state index is 13.6.